The molecule has 0 spiro atoms. The third-order valence-corrected chi connectivity index (χ3v) is 4.24. The van der Waals surface area contributed by atoms with Gasteiger partial charge in [-0.05, 0) is 26.0 Å². The number of rotatable bonds is 4. The molecule has 0 aliphatic carbocycles. The van der Waals surface area contributed by atoms with E-state index in [4.69, 9.17) is 9.98 Å². The summed E-state index contributed by atoms with van der Waals surface area (Å²) in [6, 6.07) is 24.6. The van der Waals surface area contributed by atoms with Crippen LogP contribution < -0.4 is 0 Å². The summed E-state index contributed by atoms with van der Waals surface area (Å²) < 4.78 is 1.93. The van der Waals surface area contributed by atoms with Gasteiger partial charge in [-0.15, -0.1) is 0 Å². The Hall–Kier alpha value is -3.27. The number of benzene rings is 2. The lowest BCUT2D eigenvalue weighted by molar-refractivity contribution is 0.546. The molecule has 2 heterocycles. The lowest BCUT2D eigenvalue weighted by Crippen LogP contribution is -2.04. The van der Waals surface area contributed by atoms with Crippen molar-refractivity contribution in [2.24, 2.45) is 4.99 Å². The van der Waals surface area contributed by atoms with E-state index in [0.717, 1.165) is 27.9 Å². The Morgan fingerprint density at radius 2 is 1.46 bits per heavy atom. The summed E-state index contributed by atoms with van der Waals surface area (Å²) in [5.41, 5.74) is 3.91. The maximum absolute atomic E-state index is 4.89. The van der Waals surface area contributed by atoms with Gasteiger partial charge in [-0.1, -0.05) is 60.7 Å². The minimum absolute atomic E-state index is 0.252. The first kappa shape index (κ1) is 16.2. The van der Waals surface area contributed by atoms with E-state index in [1.807, 2.05) is 59.4 Å². The highest BCUT2D eigenvalue weighted by Crippen LogP contribution is 2.22. The molecule has 0 atom stereocenters. The number of fused-ring (bicyclic) bond motifs is 1. The summed E-state index contributed by atoms with van der Waals surface area (Å²) in [7, 11) is 0. The Bertz CT molecular complexity index is 1010. The molecular weight excluding hydrogens is 320 g/mol. The van der Waals surface area contributed by atoms with Crippen LogP contribution in [0, 0.1) is 0 Å². The first-order valence-electron chi connectivity index (χ1n) is 8.76. The van der Waals surface area contributed by atoms with Crippen LogP contribution in [0.3, 0.4) is 0 Å². The van der Waals surface area contributed by atoms with Crippen molar-refractivity contribution in [3.8, 4) is 0 Å². The van der Waals surface area contributed by atoms with Gasteiger partial charge in [0.15, 0.2) is 11.5 Å². The predicted molar refractivity (Wildman–Crippen MR) is 106 cm³/mol. The van der Waals surface area contributed by atoms with Crippen molar-refractivity contribution in [2.45, 2.75) is 19.9 Å². The molecule has 0 aliphatic heterocycles. The molecule has 2 aromatic heterocycles. The predicted octanol–water partition coefficient (Wildman–Crippen LogP) is 5.18. The molecule has 0 saturated carbocycles. The van der Waals surface area contributed by atoms with Gasteiger partial charge in [-0.25, -0.2) is 14.7 Å². The average Bonchev–Trinajstić information content (AvgIpc) is 3.11. The molecule has 4 heteroatoms. The van der Waals surface area contributed by atoms with Gasteiger partial charge in [-0.2, -0.15) is 5.10 Å². The normalized spacial score (nSPS) is 11.0. The van der Waals surface area contributed by atoms with Crippen LogP contribution in [0.25, 0.3) is 11.0 Å². The van der Waals surface area contributed by atoms with E-state index >= 15 is 0 Å². The topological polar surface area (TPSA) is 43.1 Å². The molecule has 128 valence electrons. The van der Waals surface area contributed by atoms with E-state index < -0.39 is 0 Å². The molecule has 4 aromatic rings. The minimum atomic E-state index is 0.252. The van der Waals surface area contributed by atoms with Gasteiger partial charge < -0.3 is 0 Å². The Morgan fingerprint density at radius 1 is 0.846 bits per heavy atom. The monoisotopic (exact) mass is 340 g/mol. The number of aliphatic imine (C=N–C) groups is 1. The first-order chi connectivity index (χ1) is 12.7. The number of aromatic nitrogens is 3. The Balaban J connectivity index is 1.87. The van der Waals surface area contributed by atoms with E-state index in [9.17, 15) is 0 Å². The second-order valence-electron chi connectivity index (χ2n) is 6.46. The number of nitrogens with zero attached hydrogens (tertiary/aromatic N) is 4. The van der Waals surface area contributed by atoms with Crippen LogP contribution in [0.4, 0.5) is 5.82 Å². The first-order valence-corrected chi connectivity index (χ1v) is 8.76. The third-order valence-electron chi connectivity index (χ3n) is 4.24. The summed E-state index contributed by atoms with van der Waals surface area (Å²) in [5.74, 6) is 0.683. The number of hydrogen-bond donors (Lipinski definition) is 0. The minimum Gasteiger partial charge on any atom is -0.245 e. The van der Waals surface area contributed by atoms with Gasteiger partial charge in [0.05, 0.1) is 11.9 Å². The van der Waals surface area contributed by atoms with Crippen molar-refractivity contribution in [1.29, 1.82) is 0 Å². The van der Waals surface area contributed by atoms with E-state index in [2.05, 4.69) is 43.2 Å². The van der Waals surface area contributed by atoms with Crippen molar-refractivity contribution >= 4 is 22.6 Å². The number of hydrogen-bond acceptors (Lipinski definition) is 3. The van der Waals surface area contributed by atoms with Crippen LogP contribution >= 0.6 is 0 Å². The third kappa shape index (κ3) is 3.14. The highest BCUT2D eigenvalue weighted by molar-refractivity contribution is 6.13. The van der Waals surface area contributed by atoms with Crippen molar-refractivity contribution in [3.63, 3.8) is 0 Å². The van der Waals surface area contributed by atoms with Gasteiger partial charge in [0.1, 0.15) is 0 Å². The molecule has 4 nitrogen and oxygen atoms in total. The zero-order valence-corrected chi connectivity index (χ0v) is 14.9. The van der Waals surface area contributed by atoms with Crippen LogP contribution in [0.5, 0.6) is 0 Å². The SMILES string of the molecule is CC(C)n1ncc2ccc(N=C(c3ccccc3)c3ccccc3)nc21. The molecule has 4 rings (SSSR count). The molecule has 0 bridgehead atoms. The molecule has 2 aromatic carbocycles. The molecule has 0 aliphatic rings. The molecule has 0 saturated heterocycles. The molecule has 0 amide bonds. The fourth-order valence-electron chi connectivity index (χ4n) is 2.96. The fourth-order valence-corrected chi connectivity index (χ4v) is 2.96. The maximum Gasteiger partial charge on any atom is 0.160 e. The van der Waals surface area contributed by atoms with Gasteiger partial charge in [0, 0.05) is 22.6 Å². The largest absolute Gasteiger partial charge is 0.245 e. The van der Waals surface area contributed by atoms with Crippen molar-refractivity contribution < 1.29 is 0 Å². The van der Waals surface area contributed by atoms with Gasteiger partial charge in [0.25, 0.3) is 0 Å². The summed E-state index contributed by atoms with van der Waals surface area (Å²) in [5, 5.41) is 5.46. The zero-order valence-electron chi connectivity index (χ0n) is 14.9. The van der Waals surface area contributed by atoms with Crippen LogP contribution in [0.2, 0.25) is 0 Å². The number of pyridine rings is 1. The van der Waals surface area contributed by atoms with Gasteiger partial charge in [0.2, 0.25) is 0 Å². The highest BCUT2D eigenvalue weighted by atomic mass is 15.3. The van der Waals surface area contributed by atoms with Crippen LogP contribution in [0.15, 0.2) is 84.0 Å². The van der Waals surface area contributed by atoms with Crippen molar-refractivity contribution in [3.05, 3.63) is 90.1 Å². The smallest absolute Gasteiger partial charge is 0.160 e. The van der Waals surface area contributed by atoms with Crippen LogP contribution in [-0.4, -0.2) is 20.5 Å². The van der Waals surface area contributed by atoms with E-state index in [1.54, 1.807) is 0 Å². The molecular formula is C22H20N4. The van der Waals surface area contributed by atoms with E-state index in [1.165, 1.54) is 0 Å². The van der Waals surface area contributed by atoms with Crippen LogP contribution in [0.1, 0.15) is 31.0 Å². The molecule has 0 radical (unpaired) electrons. The summed E-state index contributed by atoms with van der Waals surface area (Å²) in [6.45, 7) is 4.20. The quantitative estimate of drug-likeness (QED) is 0.480. The van der Waals surface area contributed by atoms with Crippen LogP contribution in [-0.2, 0) is 0 Å². The zero-order chi connectivity index (χ0) is 17.9. The maximum atomic E-state index is 4.89. The Morgan fingerprint density at radius 3 is 2.04 bits per heavy atom. The second-order valence-corrected chi connectivity index (χ2v) is 6.46. The van der Waals surface area contributed by atoms with Crippen molar-refractivity contribution in [1.82, 2.24) is 14.8 Å². The van der Waals surface area contributed by atoms with Gasteiger partial charge >= 0.3 is 0 Å². The molecule has 0 fully saturated rings. The Kier molecular flexibility index (Phi) is 4.32. The fraction of sp³-hybridized carbons (Fsp3) is 0.136. The molecule has 26 heavy (non-hydrogen) atoms. The Labute approximate surface area is 152 Å². The van der Waals surface area contributed by atoms with E-state index in [0.29, 0.717) is 5.82 Å². The highest BCUT2D eigenvalue weighted by Gasteiger charge is 2.10. The molecule has 0 unspecified atom stereocenters. The lowest BCUT2D eigenvalue weighted by atomic mass is 10.0. The lowest BCUT2D eigenvalue weighted by Gasteiger charge is -2.09. The average molecular weight is 340 g/mol. The van der Waals surface area contributed by atoms with E-state index in [-0.39, 0.29) is 6.04 Å². The second kappa shape index (κ2) is 6.92. The summed E-state index contributed by atoms with van der Waals surface area (Å²) >= 11 is 0. The van der Waals surface area contributed by atoms with Crippen molar-refractivity contribution in [2.75, 3.05) is 0 Å². The summed E-state index contributed by atoms with van der Waals surface area (Å²) in [6.07, 6.45) is 1.85. The summed E-state index contributed by atoms with van der Waals surface area (Å²) in [4.78, 5) is 9.65. The molecule has 0 N–H and O–H groups in total. The van der Waals surface area contributed by atoms with Gasteiger partial charge in [-0.3, -0.25) is 0 Å². The standard InChI is InChI=1S/C22H20N4/c1-16(2)26-22-19(15-23-26)13-14-20(25-22)24-21(17-9-5-3-6-10-17)18-11-7-4-8-12-18/h3-16H,1-2H3.